The molecule has 0 unspecified atom stereocenters. The number of rotatable bonds is 5. The molecule has 0 spiro atoms. The van der Waals surface area contributed by atoms with Crippen LogP contribution in [0.4, 0.5) is 5.69 Å². The van der Waals surface area contributed by atoms with Gasteiger partial charge in [0.2, 0.25) is 0 Å². The Bertz CT molecular complexity index is 681. The van der Waals surface area contributed by atoms with Gasteiger partial charge in [-0.25, -0.2) is 9.78 Å². The minimum atomic E-state index is -0.757. The summed E-state index contributed by atoms with van der Waals surface area (Å²) in [6, 6.07) is 9.13. The Morgan fingerprint density at radius 3 is 2.45 bits per heavy atom. The van der Waals surface area contributed by atoms with Gasteiger partial charge in [-0.2, -0.15) is 0 Å². The average molecular weight is 362 g/mol. The number of nitrogens with zero attached hydrogens (tertiary/aromatic N) is 1. The molecule has 0 radical (unpaired) electrons. The van der Waals surface area contributed by atoms with E-state index in [1.807, 2.05) is 18.2 Å². The smallest absolute Gasteiger partial charge is 0.358 e. The van der Waals surface area contributed by atoms with E-state index in [9.17, 15) is 4.79 Å². The number of carbonyl (C=O) groups is 1. The molecule has 0 aliphatic heterocycles. The first-order chi connectivity index (χ1) is 10.5. The molecule has 0 saturated carbocycles. The molecular weight excluding hydrogens is 351 g/mol. The first kappa shape index (κ1) is 16.7. The van der Waals surface area contributed by atoms with Crippen LogP contribution in [0.15, 0.2) is 30.3 Å². The second-order valence-electron chi connectivity index (χ2n) is 4.09. The van der Waals surface area contributed by atoms with E-state index < -0.39 is 5.97 Å². The minimum Gasteiger partial charge on any atom is -0.490 e. The lowest BCUT2D eigenvalue weighted by atomic mass is 10.3. The van der Waals surface area contributed by atoms with Gasteiger partial charge < -0.3 is 15.2 Å². The van der Waals surface area contributed by atoms with Gasteiger partial charge in [0.1, 0.15) is 24.0 Å². The molecule has 2 aromatic rings. The van der Waals surface area contributed by atoms with Crippen LogP contribution < -0.4 is 10.5 Å². The molecule has 1 heterocycles. The van der Waals surface area contributed by atoms with Gasteiger partial charge in [0.05, 0.1) is 10.7 Å². The maximum Gasteiger partial charge on any atom is 0.358 e. The Labute approximate surface area is 141 Å². The molecule has 116 valence electrons. The van der Waals surface area contributed by atoms with Crippen LogP contribution in [-0.2, 0) is 4.74 Å². The van der Waals surface area contributed by atoms with E-state index in [1.165, 1.54) is 0 Å². The zero-order valence-electron chi connectivity index (χ0n) is 11.2. The van der Waals surface area contributed by atoms with E-state index in [4.69, 9.17) is 50.0 Å². The third kappa shape index (κ3) is 3.94. The normalized spacial score (nSPS) is 10.3. The van der Waals surface area contributed by atoms with E-state index in [1.54, 1.807) is 12.1 Å². The van der Waals surface area contributed by atoms with Crippen molar-refractivity contribution in [2.24, 2.45) is 0 Å². The number of ether oxygens (including phenoxy) is 2. The Hall–Kier alpha value is -1.69. The molecule has 0 fully saturated rings. The van der Waals surface area contributed by atoms with Crippen molar-refractivity contribution in [3.8, 4) is 5.75 Å². The number of esters is 1. The van der Waals surface area contributed by atoms with Crippen molar-refractivity contribution >= 4 is 46.5 Å². The van der Waals surface area contributed by atoms with E-state index >= 15 is 0 Å². The van der Waals surface area contributed by atoms with Crippen LogP contribution in [0.3, 0.4) is 0 Å². The molecular formula is C14H11Cl3N2O3. The van der Waals surface area contributed by atoms with Crippen molar-refractivity contribution in [1.29, 1.82) is 0 Å². The summed E-state index contributed by atoms with van der Waals surface area (Å²) >= 11 is 17.5. The first-order valence-electron chi connectivity index (χ1n) is 6.15. The molecule has 2 rings (SSSR count). The second-order valence-corrected chi connectivity index (χ2v) is 5.20. The monoisotopic (exact) mass is 360 g/mol. The number of aromatic nitrogens is 1. The highest BCUT2D eigenvalue weighted by atomic mass is 35.5. The van der Waals surface area contributed by atoms with Crippen LogP contribution in [-0.4, -0.2) is 24.2 Å². The van der Waals surface area contributed by atoms with Crippen molar-refractivity contribution in [3.05, 3.63) is 51.2 Å². The zero-order chi connectivity index (χ0) is 16.1. The van der Waals surface area contributed by atoms with Crippen LogP contribution in [0.25, 0.3) is 0 Å². The number of benzene rings is 1. The molecule has 1 aromatic heterocycles. The molecule has 8 heteroatoms. The number of para-hydroxylation sites is 1. The number of carbonyl (C=O) groups excluding carboxylic acids is 1. The first-order valence-corrected chi connectivity index (χ1v) is 7.29. The van der Waals surface area contributed by atoms with Crippen molar-refractivity contribution in [2.75, 3.05) is 18.9 Å². The van der Waals surface area contributed by atoms with E-state index in [-0.39, 0.29) is 39.8 Å². The van der Waals surface area contributed by atoms with Gasteiger partial charge in [-0.1, -0.05) is 53.0 Å². The number of nitrogens with two attached hydrogens (primary N) is 1. The number of nitrogen functional groups attached to an aromatic ring is 1. The topological polar surface area (TPSA) is 74.4 Å². The predicted molar refractivity (Wildman–Crippen MR) is 85.9 cm³/mol. The van der Waals surface area contributed by atoms with Crippen molar-refractivity contribution in [1.82, 2.24) is 4.98 Å². The third-order valence-electron chi connectivity index (χ3n) is 2.59. The highest BCUT2D eigenvalue weighted by Gasteiger charge is 2.20. The van der Waals surface area contributed by atoms with Crippen LogP contribution in [0.1, 0.15) is 10.5 Å². The lowest BCUT2D eigenvalue weighted by Gasteiger charge is -2.10. The van der Waals surface area contributed by atoms with Gasteiger partial charge in [0, 0.05) is 0 Å². The maximum atomic E-state index is 11.9. The molecule has 0 amide bonds. The largest absolute Gasteiger partial charge is 0.490 e. The second kappa shape index (κ2) is 7.54. The van der Waals surface area contributed by atoms with Gasteiger partial charge in [-0.3, -0.25) is 0 Å². The molecule has 22 heavy (non-hydrogen) atoms. The van der Waals surface area contributed by atoms with Gasteiger partial charge in [-0.05, 0) is 12.1 Å². The summed E-state index contributed by atoms with van der Waals surface area (Å²) in [4.78, 5) is 15.7. The predicted octanol–water partition coefficient (Wildman–Crippen LogP) is 3.86. The van der Waals surface area contributed by atoms with Crippen LogP contribution in [0.5, 0.6) is 5.75 Å². The maximum absolute atomic E-state index is 11.9. The van der Waals surface area contributed by atoms with Crippen molar-refractivity contribution in [2.45, 2.75) is 0 Å². The van der Waals surface area contributed by atoms with Gasteiger partial charge in [-0.15, -0.1) is 0 Å². The number of hydrogen-bond acceptors (Lipinski definition) is 5. The number of pyridine rings is 1. The minimum absolute atomic E-state index is 0.00405. The summed E-state index contributed by atoms with van der Waals surface area (Å²) in [7, 11) is 0. The molecule has 0 aliphatic carbocycles. The van der Waals surface area contributed by atoms with Gasteiger partial charge in [0.15, 0.2) is 10.8 Å². The molecule has 5 nitrogen and oxygen atoms in total. The molecule has 1 aromatic carbocycles. The zero-order valence-corrected chi connectivity index (χ0v) is 13.5. The summed E-state index contributed by atoms with van der Waals surface area (Å²) in [6.07, 6.45) is 0. The summed E-state index contributed by atoms with van der Waals surface area (Å²) in [5.41, 5.74) is 5.43. The SMILES string of the molecule is Nc1c(Cl)c(Cl)nc(C(=O)OCCOc2ccccc2)c1Cl. The highest BCUT2D eigenvalue weighted by Crippen LogP contribution is 2.34. The van der Waals surface area contributed by atoms with E-state index in [0.717, 1.165) is 0 Å². The van der Waals surface area contributed by atoms with Crippen LogP contribution in [0, 0.1) is 0 Å². The quantitative estimate of drug-likeness (QED) is 0.497. The fourth-order valence-electron chi connectivity index (χ4n) is 1.55. The summed E-state index contributed by atoms with van der Waals surface area (Å²) in [6.45, 7) is 0.204. The molecule has 0 aliphatic rings. The molecule has 2 N–H and O–H groups in total. The highest BCUT2D eigenvalue weighted by molar-refractivity contribution is 6.46. The summed E-state index contributed by atoms with van der Waals surface area (Å²) in [5, 5.41) is -0.213. The summed E-state index contributed by atoms with van der Waals surface area (Å²) < 4.78 is 10.4. The lowest BCUT2D eigenvalue weighted by molar-refractivity contribution is 0.0444. The number of hydrogen-bond donors (Lipinski definition) is 1. The molecule has 0 bridgehead atoms. The third-order valence-corrected chi connectivity index (χ3v) is 3.73. The summed E-state index contributed by atoms with van der Waals surface area (Å²) in [5.74, 6) is -0.0829. The van der Waals surface area contributed by atoms with Gasteiger partial charge in [0.25, 0.3) is 0 Å². The van der Waals surface area contributed by atoms with Crippen LogP contribution >= 0.6 is 34.8 Å². The number of anilines is 1. The molecule has 0 saturated heterocycles. The molecule has 0 atom stereocenters. The Morgan fingerprint density at radius 2 is 1.77 bits per heavy atom. The lowest BCUT2D eigenvalue weighted by Crippen LogP contribution is -2.14. The van der Waals surface area contributed by atoms with Crippen molar-refractivity contribution < 1.29 is 14.3 Å². The average Bonchev–Trinajstić information content (AvgIpc) is 2.53. The van der Waals surface area contributed by atoms with E-state index in [2.05, 4.69) is 4.98 Å². The fourth-order valence-corrected chi connectivity index (χ4v) is 2.13. The fraction of sp³-hybridized carbons (Fsp3) is 0.143. The Kier molecular flexibility index (Phi) is 5.71. The number of halogens is 3. The van der Waals surface area contributed by atoms with Crippen molar-refractivity contribution in [3.63, 3.8) is 0 Å². The Morgan fingerprint density at radius 1 is 1.09 bits per heavy atom. The van der Waals surface area contributed by atoms with Gasteiger partial charge >= 0.3 is 5.97 Å². The van der Waals surface area contributed by atoms with E-state index in [0.29, 0.717) is 5.75 Å². The van der Waals surface area contributed by atoms with Crippen LogP contribution in [0.2, 0.25) is 15.2 Å². The Balaban J connectivity index is 1.93. The standard InChI is InChI=1S/C14H11Cl3N2O3/c15-9-11(18)10(16)13(17)19-12(9)14(20)22-7-6-21-8-4-2-1-3-5-8/h1-5H,6-7H2,(H2,18,19).